The Kier molecular flexibility index (Phi) is 1.61. The minimum absolute atomic E-state index is 0.0197. The minimum atomic E-state index is -0.437. The summed E-state index contributed by atoms with van der Waals surface area (Å²) < 4.78 is 0. The first-order valence-corrected chi connectivity index (χ1v) is 3.21. The summed E-state index contributed by atoms with van der Waals surface area (Å²) in [6.45, 7) is 2.31. The van der Waals surface area contributed by atoms with Crippen molar-refractivity contribution in [2.75, 3.05) is 6.54 Å². The first-order valence-electron chi connectivity index (χ1n) is 3.21. The number of amides is 2. The zero-order chi connectivity index (χ0) is 7.72. The van der Waals surface area contributed by atoms with Crippen LogP contribution in [0.1, 0.15) is 13.3 Å². The summed E-state index contributed by atoms with van der Waals surface area (Å²) in [5, 5.41) is 0. The van der Waals surface area contributed by atoms with Gasteiger partial charge in [0.05, 0.1) is 0 Å². The van der Waals surface area contributed by atoms with Crippen LogP contribution < -0.4 is 5.73 Å². The van der Waals surface area contributed by atoms with Crippen molar-refractivity contribution < 1.29 is 9.59 Å². The molecule has 4 heteroatoms. The molecule has 1 aliphatic heterocycles. The number of likely N-dealkylation sites (tertiary alicyclic amines) is 1. The molecule has 1 heterocycles. The quantitative estimate of drug-likeness (QED) is 0.507. The maximum absolute atomic E-state index is 10.7. The van der Waals surface area contributed by atoms with Gasteiger partial charge in [-0.2, -0.15) is 0 Å². The van der Waals surface area contributed by atoms with Gasteiger partial charge in [0, 0.05) is 13.0 Å². The molecule has 10 heavy (non-hydrogen) atoms. The fourth-order valence-corrected chi connectivity index (χ4v) is 0.895. The molecule has 0 bridgehead atoms. The number of nitrogens with zero attached hydrogens (tertiary/aromatic N) is 1. The zero-order valence-electron chi connectivity index (χ0n) is 5.83. The van der Waals surface area contributed by atoms with E-state index in [0.717, 1.165) is 0 Å². The lowest BCUT2D eigenvalue weighted by Crippen LogP contribution is -2.53. The smallest absolute Gasteiger partial charge is 0.239 e. The molecule has 1 fully saturated rings. The number of β-lactam (4-membered cyclic amide) rings is 1. The van der Waals surface area contributed by atoms with E-state index in [2.05, 4.69) is 0 Å². The van der Waals surface area contributed by atoms with Crippen LogP contribution in [0, 0.1) is 0 Å². The predicted molar refractivity (Wildman–Crippen MR) is 35.0 cm³/mol. The van der Waals surface area contributed by atoms with Gasteiger partial charge in [-0.3, -0.25) is 9.59 Å². The molecule has 1 atom stereocenters. The molecule has 1 rings (SSSR count). The Morgan fingerprint density at radius 1 is 1.80 bits per heavy atom. The Hall–Kier alpha value is -1.06. The standard InChI is InChI=1S/C6H10N2O2/c1-4(6(7)10)8-3-2-5(8)9/h4H,2-3H2,1H3,(H2,7,10)/t4-/m1/s1. The second kappa shape index (κ2) is 2.28. The van der Waals surface area contributed by atoms with Gasteiger partial charge in [-0.1, -0.05) is 0 Å². The van der Waals surface area contributed by atoms with E-state index < -0.39 is 11.9 Å². The molecule has 1 saturated heterocycles. The van der Waals surface area contributed by atoms with E-state index in [1.54, 1.807) is 6.92 Å². The van der Waals surface area contributed by atoms with Gasteiger partial charge in [-0.15, -0.1) is 0 Å². The second-order valence-electron chi connectivity index (χ2n) is 2.42. The van der Waals surface area contributed by atoms with Crippen molar-refractivity contribution >= 4 is 11.8 Å². The van der Waals surface area contributed by atoms with Gasteiger partial charge in [0.15, 0.2) is 0 Å². The Balaban J connectivity index is 2.49. The van der Waals surface area contributed by atoms with Crippen LogP contribution in [0.15, 0.2) is 0 Å². The summed E-state index contributed by atoms with van der Waals surface area (Å²) in [4.78, 5) is 22.7. The third-order valence-corrected chi connectivity index (χ3v) is 1.77. The van der Waals surface area contributed by atoms with Crippen molar-refractivity contribution in [1.29, 1.82) is 0 Å². The highest BCUT2D eigenvalue weighted by Crippen LogP contribution is 2.11. The van der Waals surface area contributed by atoms with Gasteiger partial charge in [-0.05, 0) is 6.92 Å². The highest BCUT2D eigenvalue weighted by atomic mass is 16.2. The van der Waals surface area contributed by atoms with Crippen LogP contribution in [-0.4, -0.2) is 29.3 Å². The van der Waals surface area contributed by atoms with E-state index >= 15 is 0 Å². The van der Waals surface area contributed by atoms with E-state index in [0.29, 0.717) is 13.0 Å². The molecular formula is C6H10N2O2. The molecular weight excluding hydrogens is 132 g/mol. The van der Waals surface area contributed by atoms with Crippen molar-refractivity contribution in [1.82, 2.24) is 4.90 Å². The zero-order valence-corrected chi connectivity index (χ0v) is 5.83. The monoisotopic (exact) mass is 142 g/mol. The first kappa shape index (κ1) is 7.05. The third kappa shape index (κ3) is 0.964. The number of nitrogens with two attached hydrogens (primary N) is 1. The Morgan fingerprint density at radius 2 is 2.40 bits per heavy atom. The molecule has 0 radical (unpaired) electrons. The lowest BCUT2D eigenvalue weighted by molar-refractivity contribution is -0.147. The molecule has 1 aliphatic rings. The highest BCUT2D eigenvalue weighted by molar-refractivity contribution is 5.89. The normalized spacial score (nSPS) is 20.1. The van der Waals surface area contributed by atoms with Gasteiger partial charge in [-0.25, -0.2) is 0 Å². The topological polar surface area (TPSA) is 63.4 Å². The first-order chi connectivity index (χ1) is 4.63. The van der Waals surface area contributed by atoms with E-state index in [9.17, 15) is 9.59 Å². The fraction of sp³-hybridized carbons (Fsp3) is 0.667. The number of hydrogen-bond donors (Lipinski definition) is 1. The lowest BCUT2D eigenvalue weighted by Gasteiger charge is -2.34. The van der Waals surface area contributed by atoms with Crippen LogP contribution in [-0.2, 0) is 9.59 Å². The average molecular weight is 142 g/mol. The van der Waals surface area contributed by atoms with Crippen LogP contribution >= 0.6 is 0 Å². The van der Waals surface area contributed by atoms with Gasteiger partial charge >= 0.3 is 0 Å². The van der Waals surface area contributed by atoms with Crippen LogP contribution in [0.25, 0.3) is 0 Å². The Labute approximate surface area is 59.0 Å². The molecule has 4 nitrogen and oxygen atoms in total. The Bertz CT molecular complexity index is 171. The SMILES string of the molecule is C[C@H](C(N)=O)N1CCC1=O. The number of carbonyl (C=O) groups excluding carboxylic acids is 2. The molecule has 0 aromatic carbocycles. The molecule has 2 N–H and O–H groups in total. The van der Waals surface area contributed by atoms with Crippen molar-refractivity contribution in [2.24, 2.45) is 5.73 Å². The summed E-state index contributed by atoms with van der Waals surface area (Å²) >= 11 is 0. The molecule has 0 aromatic rings. The largest absolute Gasteiger partial charge is 0.368 e. The van der Waals surface area contributed by atoms with Crippen LogP contribution in [0.5, 0.6) is 0 Å². The summed E-state index contributed by atoms with van der Waals surface area (Å²) in [6, 6.07) is -0.429. The highest BCUT2D eigenvalue weighted by Gasteiger charge is 2.30. The maximum atomic E-state index is 10.7. The fourth-order valence-electron chi connectivity index (χ4n) is 0.895. The van der Waals surface area contributed by atoms with Gasteiger partial charge in [0.25, 0.3) is 0 Å². The second-order valence-corrected chi connectivity index (χ2v) is 2.42. The van der Waals surface area contributed by atoms with E-state index in [1.807, 2.05) is 0 Å². The molecule has 2 amide bonds. The molecule has 0 saturated carbocycles. The number of rotatable bonds is 2. The summed E-state index contributed by atoms with van der Waals surface area (Å²) in [6.07, 6.45) is 0.553. The van der Waals surface area contributed by atoms with Crippen LogP contribution in [0.2, 0.25) is 0 Å². The van der Waals surface area contributed by atoms with Crippen molar-refractivity contribution in [2.45, 2.75) is 19.4 Å². The summed E-state index contributed by atoms with van der Waals surface area (Å²) in [5.41, 5.74) is 4.98. The number of hydrogen-bond acceptors (Lipinski definition) is 2. The average Bonchev–Trinajstić information content (AvgIpc) is 1.84. The number of carbonyl (C=O) groups is 2. The Morgan fingerprint density at radius 3 is 2.50 bits per heavy atom. The third-order valence-electron chi connectivity index (χ3n) is 1.77. The summed E-state index contributed by atoms with van der Waals surface area (Å²) in [7, 11) is 0. The molecule has 56 valence electrons. The van der Waals surface area contributed by atoms with E-state index in [1.165, 1.54) is 4.90 Å². The van der Waals surface area contributed by atoms with Gasteiger partial charge in [0.2, 0.25) is 11.8 Å². The maximum Gasteiger partial charge on any atom is 0.239 e. The molecule has 0 spiro atoms. The van der Waals surface area contributed by atoms with E-state index in [-0.39, 0.29) is 5.91 Å². The lowest BCUT2D eigenvalue weighted by atomic mass is 10.1. The van der Waals surface area contributed by atoms with Crippen molar-refractivity contribution in [3.63, 3.8) is 0 Å². The van der Waals surface area contributed by atoms with Crippen LogP contribution in [0.4, 0.5) is 0 Å². The van der Waals surface area contributed by atoms with Gasteiger partial charge in [0.1, 0.15) is 6.04 Å². The predicted octanol–water partition coefficient (Wildman–Crippen LogP) is -0.908. The van der Waals surface area contributed by atoms with Gasteiger partial charge < -0.3 is 10.6 Å². The van der Waals surface area contributed by atoms with Crippen molar-refractivity contribution in [3.05, 3.63) is 0 Å². The molecule has 0 aliphatic carbocycles. The molecule has 0 unspecified atom stereocenters. The minimum Gasteiger partial charge on any atom is -0.368 e. The number of primary amides is 1. The molecule has 0 aromatic heterocycles. The summed E-state index contributed by atoms with van der Waals surface area (Å²) in [5.74, 6) is -0.417. The van der Waals surface area contributed by atoms with E-state index in [4.69, 9.17) is 5.73 Å². The van der Waals surface area contributed by atoms with Crippen molar-refractivity contribution in [3.8, 4) is 0 Å². The van der Waals surface area contributed by atoms with Crippen LogP contribution in [0.3, 0.4) is 0 Å².